The number of nitrogens with zero attached hydrogens (tertiary/aromatic N) is 2. The first kappa shape index (κ1) is 31.0. The molecule has 0 unspecified atom stereocenters. The van der Waals surface area contributed by atoms with E-state index in [1.54, 1.807) is 25.1 Å². The van der Waals surface area contributed by atoms with Crippen molar-refractivity contribution < 1.29 is 22.7 Å². The number of rotatable bonds is 12. The highest BCUT2D eigenvalue weighted by molar-refractivity contribution is 7.92. The fourth-order valence-corrected chi connectivity index (χ4v) is 5.94. The maximum atomic E-state index is 14.0. The number of methoxy groups -OCH3 is 1. The molecule has 0 aromatic heterocycles. The average Bonchev–Trinajstić information content (AvgIpc) is 2.92. The molecule has 1 N–H and O–H groups in total. The lowest BCUT2D eigenvalue weighted by Gasteiger charge is -2.33. The number of nitrogens with one attached hydrogen (secondary N) is 1. The molecule has 0 aliphatic carbocycles. The second kappa shape index (κ2) is 13.7. The summed E-state index contributed by atoms with van der Waals surface area (Å²) in [7, 11) is -2.73. The van der Waals surface area contributed by atoms with Gasteiger partial charge in [-0.2, -0.15) is 0 Å². The van der Waals surface area contributed by atoms with Crippen LogP contribution in [0.3, 0.4) is 0 Å². The van der Waals surface area contributed by atoms with Gasteiger partial charge in [0.15, 0.2) is 0 Å². The first-order chi connectivity index (χ1) is 19.0. The number of ether oxygens (including phenoxy) is 1. The Balaban J connectivity index is 2.09. The summed E-state index contributed by atoms with van der Waals surface area (Å²) in [6.45, 7) is 7.44. The summed E-state index contributed by atoms with van der Waals surface area (Å²) < 4.78 is 34.1. The van der Waals surface area contributed by atoms with Gasteiger partial charge in [0.1, 0.15) is 18.3 Å². The van der Waals surface area contributed by atoms with E-state index in [2.05, 4.69) is 5.32 Å². The molecule has 1 atom stereocenters. The van der Waals surface area contributed by atoms with E-state index in [9.17, 15) is 18.0 Å². The van der Waals surface area contributed by atoms with Gasteiger partial charge in [0, 0.05) is 13.1 Å². The molecule has 0 saturated heterocycles. The highest BCUT2D eigenvalue weighted by Crippen LogP contribution is 2.32. The Morgan fingerprint density at radius 3 is 2.08 bits per heavy atom. The van der Waals surface area contributed by atoms with E-state index in [0.29, 0.717) is 18.7 Å². The van der Waals surface area contributed by atoms with Crippen LogP contribution in [0, 0.1) is 13.8 Å². The lowest BCUT2D eigenvalue weighted by atomic mass is 10.1. The normalized spacial score (nSPS) is 11.9. The number of carbonyl (C=O) groups excluding carboxylic acids is 2. The fraction of sp³-hybridized carbons (Fsp3) is 0.333. The molecule has 3 rings (SSSR count). The maximum Gasteiger partial charge on any atom is 0.264 e. The summed E-state index contributed by atoms with van der Waals surface area (Å²) >= 11 is 6.36. The van der Waals surface area contributed by atoms with Crippen molar-refractivity contribution in [2.75, 3.05) is 24.5 Å². The Hall–Kier alpha value is -3.56. The Bertz CT molecular complexity index is 1430. The standard InChI is InChI=1S/C30H36ClN3O5S/c1-6-27(30(36)32-7-2)33(19-23-12-8-21(3)9-13-23)29(35)20-34(24-14-17-28(39-5)26(31)18-24)40(37,38)25-15-10-22(4)11-16-25/h8-18,27H,6-7,19-20H2,1-5H3,(H,32,36)/t27-/m1/s1. The van der Waals surface area contributed by atoms with E-state index < -0.39 is 28.5 Å². The summed E-state index contributed by atoms with van der Waals surface area (Å²) in [5, 5.41) is 2.99. The monoisotopic (exact) mass is 585 g/mol. The highest BCUT2D eigenvalue weighted by Gasteiger charge is 2.33. The van der Waals surface area contributed by atoms with Crippen molar-refractivity contribution in [3.63, 3.8) is 0 Å². The molecule has 2 amide bonds. The number of benzene rings is 3. The second-order valence-corrected chi connectivity index (χ2v) is 11.7. The zero-order valence-electron chi connectivity index (χ0n) is 23.5. The smallest absolute Gasteiger partial charge is 0.264 e. The SMILES string of the molecule is CCNC(=O)[C@@H](CC)N(Cc1ccc(C)cc1)C(=O)CN(c1ccc(OC)c(Cl)c1)S(=O)(=O)c1ccc(C)cc1. The Labute approximate surface area is 241 Å². The topological polar surface area (TPSA) is 96.0 Å². The van der Waals surface area contributed by atoms with Crippen LogP contribution in [0.1, 0.15) is 37.0 Å². The molecule has 0 bridgehead atoms. The number of halogens is 1. The average molecular weight is 586 g/mol. The van der Waals surface area contributed by atoms with Gasteiger partial charge in [0.25, 0.3) is 10.0 Å². The van der Waals surface area contributed by atoms with Crippen LogP contribution in [0.25, 0.3) is 0 Å². The van der Waals surface area contributed by atoms with Crippen molar-refractivity contribution in [2.24, 2.45) is 0 Å². The van der Waals surface area contributed by atoms with E-state index in [4.69, 9.17) is 16.3 Å². The molecule has 0 aliphatic heterocycles. The Morgan fingerprint density at radius 1 is 0.950 bits per heavy atom. The number of aryl methyl sites for hydroxylation is 2. The van der Waals surface area contributed by atoms with Crippen molar-refractivity contribution in [3.05, 3.63) is 88.4 Å². The van der Waals surface area contributed by atoms with E-state index >= 15 is 0 Å². The molecular weight excluding hydrogens is 550 g/mol. The number of amides is 2. The maximum absolute atomic E-state index is 14.0. The lowest BCUT2D eigenvalue weighted by molar-refractivity contribution is -0.140. The van der Waals surface area contributed by atoms with Crippen LogP contribution in [-0.2, 0) is 26.2 Å². The van der Waals surface area contributed by atoms with Gasteiger partial charge in [-0.05, 0) is 63.1 Å². The van der Waals surface area contributed by atoms with E-state index in [0.717, 1.165) is 21.0 Å². The van der Waals surface area contributed by atoms with Crippen LogP contribution >= 0.6 is 11.6 Å². The van der Waals surface area contributed by atoms with Gasteiger partial charge in [-0.3, -0.25) is 13.9 Å². The molecule has 10 heteroatoms. The van der Waals surface area contributed by atoms with Crippen LogP contribution in [-0.4, -0.2) is 51.4 Å². The number of hydrogen-bond acceptors (Lipinski definition) is 5. The predicted molar refractivity (Wildman–Crippen MR) is 158 cm³/mol. The van der Waals surface area contributed by atoms with Gasteiger partial charge in [-0.15, -0.1) is 0 Å². The summed E-state index contributed by atoms with van der Waals surface area (Å²) in [6.07, 6.45) is 0.350. The largest absolute Gasteiger partial charge is 0.495 e. The van der Waals surface area contributed by atoms with E-state index in [-0.39, 0.29) is 28.1 Å². The Kier molecular flexibility index (Phi) is 10.6. The molecule has 0 aliphatic rings. The van der Waals surface area contributed by atoms with E-state index in [1.165, 1.54) is 36.3 Å². The van der Waals surface area contributed by atoms with E-state index in [1.807, 2.05) is 45.0 Å². The van der Waals surface area contributed by atoms with Crippen LogP contribution < -0.4 is 14.4 Å². The zero-order chi connectivity index (χ0) is 29.4. The van der Waals surface area contributed by atoms with Crippen LogP contribution in [0.4, 0.5) is 5.69 Å². The molecule has 0 heterocycles. The number of likely N-dealkylation sites (N-methyl/N-ethyl adjacent to an activating group) is 1. The first-order valence-electron chi connectivity index (χ1n) is 13.1. The molecular formula is C30H36ClN3O5S. The number of anilines is 1. The van der Waals surface area contributed by atoms with Crippen molar-refractivity contribution in [1.29, 1.82) is 0 Å². The summed E-state index contributed by atoms with van der Waals surface area (Å²) in [4.78, 5) is 28.5. The van der Waals surface area contributed by atoms with Crippen molar-refractivity contribution in [2.45, 2.75) is 51.6 Å². The van der Waals surface area contributed by atoms with Crippen LogP contribution in [0.2, 0.25) is 5.02 Å². The third-order valence-corrected chi connectivity index (χ3v) is 8.61. The summed E-state index contributed by atoms with van der Waals surface area (Å²) in [6, 6.07) is 17.8. The van der Waals surface area contributed by atoms with Crippen molar-refractivity contribution in [1.82, 2.24) is 10.2 Å². The minimum Gasteiger partial charge on any atom is -0.495 e. The molecule has 0 fully saturated rings. The fourth-order valence-electron chi connectivity index (χ4n) is 4.28. The Morgan fingerprint density at radius 2 is 1.55 bits per heavy atom. The van der Waals surface area contributed by atoms with Gasteiger partial charge in [-0.1, -0.05) is 66.0 Å². The number of hydrogen-bond donors (Lipinski definition) is 1. The van der Waals surface area contributed by atoms with Gasteiger partial charge in [-0.25, -0.2) is 8.42 Å². The number of carbonyl (C=O) groups is 2. The molecule has 40 heavy (non-hydrogen) atoms. The predicted octanol–water partition coefficient (Wildman–Crippen LogP) is 5.10. The molecule has 3 aromatic rings. The minimum absolute atomic E-state index is 0.0266. The van der Waals surface area contributed by atoms with Gasteiger partial charge >= 0.3 is 0 Å². The van der Waals surface area contributed by atoms with Gasteiger partial charge < -0.3 is 15.0 Å². The molecule has 0 saturated carbocycles. The molecule has 3 aromatic carbocycles. The summed E-state index contributed by atoms with van der Waals surface area (Å²) in [5.41, 5.74) is 2.97. The molecule has 0 spiro atoms. The van der Waals surface area contributed by atoms with Crippen molar-refractivity contribution >= 4 is 39.1 Å². The van der Waals surface area contributed by atoms with Crippen molar-refractivity contribution in [3.8, 4) is 5.75 Å². The third kappa shape index (κ3) is 7.34. The van der Waals surface area contributed by atoms with Crippen LogP contribution in [0.15, 0.2) is 71.6 Å². The number of sulfonamides is 1. The molecule has 0 radical (unpaired) electrons. The second-order valence-electron chi connectivity index (χ2n) is 9.47. The summed E-state index contributed by atoms with van der Waals surface area (Å²) in [5.74, 6) is -0.458. The van der Waals surface area contributed by atoms with Gasteiger partial charge in [0.05, 0.1) is 22.7 Å². The third-order valence-electron chi connectivity index (χ3n) is 6.52. The zero-order valence-corrected chi connectivity index (χ0v) is 25.1. The highest BCUT2D eigenvalue weighted by atomic mass is 35.5. The van der Waals surface area contributed by atoms with Crippen LogP contribution in [0.5, 0.6) is 5.75 Å². The molecule has 214 valence electrons. The quantitative estimate of drug-likeness (QED) is 0.319. The van der Waals surface area contributed by atoms with Gasteiger partial charge in [0.2, 0.25) is 11.8 Å². The molecule has 8 nitrogen and oxygen atoms in total. The lowest BCUT2D eigenvalue weighted by Crippen LogP contribution is -2.52. The minimum atomic E-state index is -4.19. The first-order valence-corrected chi connectivity index (χ1v) is 14.9.